The SMILES string of the molecule is CO[C@H](C(=O)N1C(=O)OC[C@@H]1c1ccccc1)[C@@H]1O[C@](O)(CCCOC[C@@H](CO)OCc2ccccc2)C(Br)=CC1=O. The minimum Gasteiger partial charge on any atom is -0.446 e. The van der Waals surface area contributed by atoms with E-state index >= 15 is 0 Å². The fourth-order valence-corrected chi connectivity index (χ4v) is 5.20. The smallest absolute Gasteiger partial charge is 0.417 e. The molecule has 2 amide bonds. The molecule has 2 N–H and O–H groups in total. The summed E-state index contributed by atoms with van der Waals surface area (Å²) in [6.07, 6.45) is -2.99. The number of hydrogen-bond donors (Lipinski definition) is 2. The average molecular weight is 649 g/mol. The Kier molecular flexibility index (Phi) is 11.4. The Hall–Kier alpha value is -2.97. The molecule has 0 aromatic heterocycles. The Morgan fingerprint density at radius 1 is 1.14 bits per heavy atom. The van der Waals surface area contributed by atoms with E-state index in [1.54, 1.807) is 30.3 Å². The summed E-state index contributed by atoms with van der Waals surface area (Å²) in [5.41, 5.74) is 1.65. The molecule has 2 aliphatic heterocycles. The summed E-state index contributed by atoms with van der Waals surface area (Å²) < 4.78 is 27.7. The molecule has 0 unspecified atom stereocenters. The summed E-state index contributed by atoms with van der Waals surface area (Å²) >= 11 is 3.21. The van der Waals surface area contributed by atoms with Gasteiger partial charge in [-0.2, -0.15) is 0 Å². The third kappa shape index (κ3) is 7.70. The number of rotatable bonds is 14. The quantitative estimate of drug-likeness (QED) is 0.294. The molecule has 2 heterocycles. The van der Waals surface area contributed by atoms with Gasteiger partial charge in [0.1, 0.15) is 18.8 Å². The van der Waals surface area contributed by atoms with E-state index in [4.69, 9.17) is 23.7 Å². The first-order chi connectivity index (χ1) is 20.3. The van der Waals surface area contributed by atoms with Crippen molar-refractivity contribution < 1.29 is 48.3 Å². The van der Waals surface area contributed by atoms with Gasteiger partial charge < -0.3 is 33.9 Å². The van der Waals surface area contributed by atoms with Crippen LogP contribution in [0.1, 0.15) is 30.0 Å². The summed E-state index contributed by atoms with van der Waals surface area (Å²) in [5.74, 6) is -3.40. The third-order valence-electron chi connectivity index (χ3n) is 6.95. The molecule has 226 valence electrons. The van der Waals surface area contributed by atoms with E-state index in [0.29, 0.717) is 18.6 Å². The van der Waals surface area contributed by atoms with Crippen LogP contribution in [0.3, 0.4) is 0 Å². The van der Waals surface area contributed by atoms with E-state index in [9.17, 15) is 24.6 Å². The van der Waals surface area contributed by atoms with Crippen molar-refractivity contribution >= 4 is 33.7 Å². The first kappa shape index (κ1) is 32.0. The van der Waals surface area contributed by atoms with Crippen LogP contribution in [-0.4, -0.2) is 90.5 Å². The zero-order valence-electron chi connectivity index (χ0n) is 23.1. The number of imide groups is 1. The van der Waals surface area contributed by atoms with Crippen LogP contribution in [0.5, 0.6) is 0 Å². The predicted octanol–water partition coefficient (Wildman–Crippen LogP) is 3.03. The summed E-state index contributed by atoms with van der Waals surface area (Å²) in [4.78, 5) is 39.9. The van der Waals surface area contributed by atoms with Crippen LogP contribution in [0.4, 0.5) is 4.79 Å². The first-order valence-electron chi connectivity index (χ1n) is 13.5. The van der Waals surface area contributed by atoms with E-state index < -0.39 is 47.9 Å². The second-order valence-corrected chi connectivity index (χ2v) is 10.7. The average Bonchev–Trinajstić information content (AvgIpc) is 3.39. The van der Waals surface area contributed by atoms with Gasteiger partial charge in [0, 0.05) is 20.1 Å². The van der Waals surface area contributed by atoms with E-state index in [2.05, 4.69) is 15.9 Å². The number of halogens is 1. The molecule has 2 aromatic carbocycles. The molecular formula is C30H34BrNO10. The van der Waals surface area contributed by atoms with Crippen molar-refractivity contribution in [2.45, 2.75) is 49.6 Å². The third-order valence-corrected chi connectivity index (χ3v) is 7.80. The molecule has 2 aliphatic rings. The van der Waals surface area contributed by atoms with Crippen molar-refractivity contribution in [1.82, 2.24) is 4.90 Å². The minimum absolute atomic E-state index is 0.00550. The number of carbonyl (C=O) groups is 3. The number of carbonyl (C=O) groups excluding carboxylic acids is 3. The summed E-state index contributed by atoms with van der Waals surface area (Å²) in [5, 5.41) is 20.9. The van der Waals surface area contributed by atoms with Gasteiger partial charge in [-0.3, -0.25) is 9.59 Å². The van der Waals surface area contributed by atoms with Crippen LogP contribution in [0, 0.1) is 0 Å². The summed E-state index contributed by atoms with van der Waals surface area (Å²) in [6, 6.07) is 17.7. The van der Waals surface area contributed by atoms with E-state index in [-0.39, 0.29) is 37.3 Å². The standard InChI is InChI=1S/C30H34BrNO10/c1-38-27(28(35)32-23(19-41-29(32)36)21-11-6-3-7-12-21)26-24(34)15-25(31)30(37,42-26)13-8-14-39-18-22(16-33)40-17-20-9-4-2-5-10-20/h2-7,9-12,15,22-23,26-27,33,37H,8,13-14,16-19H2,1H3/t22-,23-,26-,27+,30-/m1/s1. The van der Waals surface area contributed by atoms with Crippen LogP contribution >= 0.6 is 15.9 Å². The van der Waals surface area contributed by atoms with Crippen molar-refractivity contribution in [3.05, 3.63) is 82.3 Å². The lowest BCUT2D eigenvalue weighted by Gasteiger charge is -2.38. The van der Waals surface area contributed by atoms with Gasteiger partial charge in [-0.05, 0) is 39.6 Å². The molecule has 0 radical (unpaired) electrons. The van der Waals surface area contributed by atoms with E-state index in [1.165, 1.54) is 7.11 Å². The number of hydrogen-bond acceptors (Lipinski definition) is 10. The Morgan fingerprint density at radius 2 is 1.83 bits per heavy atom. The van der Waals surface area contributed by atoms with Gasteiger partial charge >= 0.3 is 6.09 Å². The number of nitrogens with zero attached hydrogens (tertiary/aromatic N) is 1. The molecule has 0 spiro atoms. The zero-order valence-corrected chi connectivity index (χ0v) is 24.7. The maximum Gasteiger partial charge on any atom is 0.417 e. The van der Waals surface area contributed by atoms with Gasteiger partial charge in [-0.15, -0.1) is 0 Å². The molecule has 1 saturated heterocycles. The second kappa shape index (κ2) is 15.0. The molecule has 0 bridgehead atoms. The topological polar surface area (TPSA) is 141 Å². The van der Waals surface area contributed by atoms with Gasteiger partial charge in [0.15, 0.2) is 23.8 Å². The molecular weight excluding hydrogens is 614 g/mol. The molecule has 42 heavy (non-hydrogen) atoms. The zero-order chi connectivity index (χ0) is 30.1. The highest BCUT2D eigenvalue weighted by Crippen LogP contribution is 2.37. The number of ether oxygens (including phenoxy) is 5. The highest BCUT2D eigenvalue weighted by Gasteiger charge is 2.50. The van der Waals surface area contributed by atoms with Crippen molar-refractivity contribution in [1.29, 1.82) is 0 Å². The number of cyclic esters (lactones) is 1. The molecule has 0 saturated carbocycles. The minimum atomic E-state index is -1.95. The number of ketones is 1. The van der Waals surface area contributed by atoms with Gasteiger partial charge in [0.05, 0.1) is 24.3 Å². The van der Waals surface area contributed by atoms with Gasteiger partial charge in [0.2, 0.25) is 0 Å². The lowest BCUT2D eigenvalue weighted by Crippen LogP contribution is -2.55. The number of aliphatic hydroxyl groups is 2. The van der Waals surface area contributed by atoms with Crippen LogP contribution < -0.4 is 0 Å². The van der Waals surface area contributed by atoms with Crippen LogP contribution in [0.25, 0.3) is 0 Å². The van der Waals surface area contributed by atoms with Crippen molar-refractivity contribution in [3.8, 4) is 0 Å². The normalized spacial score (nSPS) is 23.8. The lowest BCUT2D eigenvalue weighted by molar-refractivity contribution is -0.227. The first-order valence-corrected chi connectivity index (χ1v) is 14.3. The van der Waals surface area contributed by atoms with E-state index in [1.807, 2.05) is 30.3 Å². The Bertz CT molecular complexity index is 1240. The highest BCUT2D eigenvalue weighted by molar-refractivity contribution is 9.11. The molecule has 12 heteroatoms. The maximum atomic E-state index is 13.5. The number of methoxy groups -OCH3 is 1. The molecule has 2 aromatic rings. The predicted molar refractivity (Wildman–Crippen MR) is 152 cm³/mol. The molecule has 1 fully saturated rings. The van der Waals surface area contributed by atoms with Crippen molar-refractivity contribution in [3.63, 3.8) is 0 Å². The fraction of sp³-hybridized carbons (Fsp3) is 0.433. The molecule has 5 atom stereocenters. The van der Waals surface area contributed by atoms with Crippen LogP contribution in [-0.2, 0) is 39.9 Å². The number of amides is 2. The number of aliphatic hydroxyl groups excluding tert-OH is 1. The molecule has 4 rings (SSSR count). The monoisotopic (exact) mass is 647 g/mol. The van der Waals surface area contributed by atoms with Gasteiger partial charge in [-0.25, -0.2) is 9.69 Å². The Labute approximate surface area is 252 Å². The lowest BCUT2D eigenvalue weighted by atomic mass is 9.99. The highest BCUT2D eigenvalue weighted by atomic mass is 79.9. The Morgan fingerprint density at radius 3 is 2.50 bits per heavy atom. The molecule has 11 nitrogen and oxygen atoms in total. The largest absolute Gasteiger partial charge is 0.446 e. The molecule has 0 aliphatic carbocycles. The maximum absolute atomic E-state index is 13.5. The van der Waals surface area contributed by atoms with Crippen molar-refractivity contribution in [2.75, 3.05) is 33.5 Å². The van der Waals surface area contributed by atoms with Gasteiger partial charge in [0.25, 0.3) is 5.91 Å². The van der Waals surface area contributed by atoms with E-state index in [0.717, 1.165) is 16.5 Å². The Balaban J connectivity index is 1.34. The summed E-state index contributed by atoms with van der Waals surface area (Å²) in [7, 11) is 1.22. The van der Waals surface area contributed by atoms with Crippen molar-refractivity contribution in [2.24, 2.45) is 0 Å². The van der Waals surface area contributed by atoms with Crippen LogP contribution in [0.15, 0.2) is 71.2 Å². The second-order valence-electron chi connectivity index (χ2n) is 9.87. The fourth-order valence-electron chi connectivity index (χ4n) is 4.68. The van der Waals surface area contributed by atoms with Crippen LogP contribution in [0.2, 0.25) is 0 Å². The van der Waals surface area contributed by atoms with Gasteiger partial charge in [-0.1, -0.05) is 60.7 Å². The number of benzene rings is 2. The summed E-state index contributed by atoms with van der Waals surface area (Å²) in [6.45, 7) is 0.390.